The molecule has 1 aliphatic carbocycles. The van der Waals surface area contributed by atoms with Crippen LogP contribution in [0.15, 0.2) is 9.52 Å². The fourth-order valence-electron chi connectivity index (χ4n) is 2.83. The second kappa shape index (κ2) is 7.53. The fraction of sp³-hybridized carbons (Fsp3) is 0.833. The lowest BCUT2D eigenvalue weighted by atomic mass is 9.75. The summed E-state index contributed by atoms with van der Waals surface area (Å²) in [5.74, 6) is 2.12. The molecule has 0 amide bonds. The Bertz CT molecular complexity index is 546. The van der Waals surface area contributed by atoms with Crippen LogP contribution in [0.25, 0.3) is 0 Å². The Labute approximate surface area is 145 Å². The molecule has 136 valence electrons. The molecule has 1 aromatic rings. The van der Waals surface area contributed by atoms with Crippen molar-refractivity contribution in [2.75, 3.05) is 6.54 Å². The van der Waals surface area contributed by atoms with Gasteiger partial charge in [-0.2, -0.15) is 4.98 Å². The van der Waals surface area contributed by atoms with Crippen LogP contribution < -0.4 is 10.6 Å². The Morgan fingerprint density at radius 1 is 1.29 bits per heavy atom. The first-order valence-electron chi connectivity index (χ1n) is 9.07. The molecule has 0 saturated heterocycles. The minimum Gasteiger partial charge on any atom is -0.357 e. The number of nitrogens with zero attached hydrogens (tertiary/aromatic N) is 3. The first kappa shape index (κ1) is 18.7. The molecule has 6 nitrogen and oxygen atoms in total. The highest BCUT2D eigenvalue weighted by molar-refractivity contribution is 5.80. The van der Waals surface area contributed by atoms with Crippen molar-refractivity contribution < 1.29 is 4.52 Å². The normalized spacial score (nSPS) is 19.3. The molecular weight excluding hydrogens is 302 g/mol. The highest BCUT2D eigenvalue weighted by Gasteiger charge is 2.27. The quantitative estimate of drug-likeness (QED) is 0.651. The molecule has 1 aromatic heterocycles. The van der Waals surface area contributed by atoms with Crippen molar-refractivity contribution in [1.82, 2.24) is 20.8 Å². The van der Waals surface area contributed by atoms with Crippen LogP contribution in [0.5, 0.6) is 0 Å². The molecule has 1 saturated carbocycles. The molecule has 0 spiro atoms. The van der Waals surface area contributed by atoms with Gasteiger partial charge in [-0.15, -0.1) is 0 Å². The predicted octanol–water partition coefficient (Wildman–Crippen LogP) is 3.39. The van der Waals surface area contributed by atoms with Crippen molar-refractivity contribution in [3.05, 3.63) is 11.7 Å². The van der Waals surface area contributed by atoms with Crippen LogP contribution >= 0.6 is 0 Å². The Morgan fingerprint density at radius 3 is 2.50 bits per heavy atom. The topological polar surface area (TPSA) is 75.3 Å². The van der Waals surface area contributed by atoms with E-state index in [1.54, 1.807) is 0 Å². The summed E-state index contributed by atoms with van der Waals surface area (Å²) in [4.78, 5) is 9.06. The fourth-order valence-corrected chi connectivity index (χ4v) is 2.83. The van der Waals surface area contributed by atoms with Crippen LogP contribution in [0.3, 0.4) is 0 Å². The van der Waals surface area contributed by atoms with Crippen molar-refractivity contribution in [1.29, 1.82) is 0 Å². The largest absolute Gasteiger partial charge is 0.357 e. The first-order valence-corrected chi connectivity index (χ1v) is 9.07. The lowest BCUT2D eigenvalue weighted by molar-refractivity contribution is 0.216. The smallest absolute Gasteiger partial charge is 0.232 e. The summed E-state index contributed by atoms with van der Waals surface area (Å²) in [6.07, 6.45) is 4.88. The number of rotatable bonds is 4. The molecule has 2 rings (SSSR count). The van der Waals surface area contributed by atoms with Gasteiger partial charge in [0.05, 0.1) is 0 Å². The molecule has 1 heterocycles. The van der Waals surface area contributed by atoms with Crippen molar-refractivity contribution >= 4 is 5.96 Å². The van der Waals surface area contributed by atoms with Gasteiger partial charge in [0.1, 0.15) is 6.54 Å². The second-order valence-corrected chi connectivity index (χ2v) is 8.54. The van der Waals surface area contributed by atoms with Crippen LogP contribution in [-0.2, 0) is 12.0 Å². The number of nitrogens with one attached hydrogen (secondary N) is 2. The molecule has 0 bridgehead atoms. The van der Waals surface area contributed by atoms with Crippen molar-refractivity contribution in [3.63, 3.8) is 0 Å². The Morgan fingerprint density at radius 2 is 1.96 bits per heavy atom. The van der Waals surface area contributed by atoms with Gasteiger partial charge in [0, 0.05) is 18.0 Å². The summed E-state index contributed by atoms with van der Waals surface area (Å²) >= 11 is 0. The predicted molar refractivity (Wildman–Crippen MR) is 97.0 cm³/mol. The molecule has 0 aromatic carbocycles. The molecule has 1 aliphatic rings. The van der Waals surface area contributed by atoms with Crippen LogP contribution in [0, 0.1) is 5.41 Å². The number of hydrogen-bond acceptors (Lipinski definition) is 4. The summed E-state index contributed by atoms with van der Waals surface area (Å²) in [5.41, 5.74) is 0.342. The SMILES string of the molecule is CCNC(=NCc1noc(C(C)(C)C)n1)NC1CCC(C)(C)CC1. The zero-order valence-corrected chi connectivity index (χ0v) is 16.1. The van der Waals surface area contributed by atoms with Crippen molar-refractivity contribution in [2.24, 2.45) is 10.4 Å². The summed E-state index contributed by atoms with van der Waals surface area (Å²) in [7, 11) is 0. The maximum atomic E-state index is 5.32. The number of guanidine groups is 1. The zero-order valence-electron chi connectivity index (χ0n) is 16.1. The number of aromatic nitrogens is 2. The summed E-state index contributed by atoms with van der Waals surface area (Å²) in [6.45, 7) is 14.2. The van der Waals surface area contributed by atoms with Gasteiger partial charge in [-0.3, -0.25) is 0 Å². The van der Waals surface area contributed by atoms with Crippen molar-refractivity contribution in [3.8, 4) is 0 Å². The van der Waals surface area contributed by atoms with Gasteiger partial charge in [0.2, 0.25) is 5.89 Å². The average Bonchev–Trinajstić information content (AvgIpc) is 2.96. The van der Waals surface area contributed by atoms with E-state index in [-0.39, 0.29) is 5.41 Å². The van der Waals surface area contributed by atoms with E-state index in [1.165, 1.54) is 25.7 Å². The lowest BCUT2D eigenvalue weighted by Crippen LogP contribution is -2.45. The average molecular weight is 335 g/mol. The minimum absolute atomic E-state index is 0.132. The van der Waals surface area contributed by atoms with Gasteiger partial charge in [-0.05, 0) is 38.0 Å². The molecule has 2 N–H and O–H groups in total. The Balaban J connectivity index is 1.94. The van der Waals surface area contributed by atoms with Gasteiger partial charge in [-0.25, -0.2) is 4.99 Å². The number of aliphatic imine (C=N–C) groups is 1. The van der Waals surface area contributed by atoms with E-state index in [4.69, 9.17) is 4.52 Å². The minimum atomic E-state index is -0.132. The maximum absolute atomic E-state index is 5.32. The first-order chi connectivity index (χ1) is 11.2. The Kier molecular flexibility index (Phi) is 5.88. The van der Waals surface area contributed by atoms with Gasteiger partial charge >= 0.3 is 0 Å². The van der Waals surface area contributed by atoms with Gasteiger partial charge < -0.3 is 15.2 Å². The third kappa shape index (κ3) is 5.49. The molecule has 24 heavy (non-hydrogen) atoms. The van der Waals surface area contributed by atoms with Crippen LogP contribution in [-0.4, -0.2) is 28.7 Å². The van der Waals surface area contributed by atoms with E-state index in [9.17, 15) is 0 Å². The second-order valence-electron chi connectivity index (χ2n) is 8.54. The third-order valence-electron chi connectivity index (χ3n) is 4.51. The monoisotopic (exact) mass is 335 g/mol. The molecule has 1 fully saturated rings. The van der Waals surface area contributed by atoms with E-state index in [1.807, 2.05) is 0 Å². The standard InChI is InChI=1S/C18H33N5O/c1-7-19-16(21-13-8-10-18(5,6)11-9-13)20-12-14-22-15(24-23-14)17(2,3)4/h13H,7-12H2,1-6H3,(H2,19,20,21). The maximum Gasteiger partial charge on any atom is 0.232 e. The van der Waals surface area contributed by atoms with Crippen LogP contribution in [0.4, 0.5) is 0 Å². The molecule has 0 atom stereocenters. The van der Waals surface area contributed by atoms with Gasteiger partial charge in [0.25, 0.3) is 0 Å². The van der Waals surface area contributed by atoms with E-state index < -0.39 is 0 Å². The summed E-state index contributed by atoms with van der Waals surface area (Å²) in [5, 5.41) is 10.9. The van der Waals surface area contributed by atoms with Crippen molar-refractivity contribution in [2.45, 2.75) is 85.2 Å². The summed E-state index contributed by atoms with van der Waals surface area (Å²) in [6, 6.07) is 0.492. The number of hydrogen-bond donors (Lipinski definition) is 2. The van der Waals surface area contributed by atoms with Crippen LogP contribution in [0.1, 0.15) is 78.9 Å². The van der Waals surface area contributed by atoms with Gasteiger partial charge in [0.15, 0.2) is 11.8 Å². The highest BCUT2D eigenvalue weighted by atomic mass is 16.5. The highest BCUT2D eigenvalue weighted by Crippen LogP contribution is 2.34. The summed E-state index contributed by atoms with van der Waals surface area (Å²) < 4.78 is 5.32. The zero-order chi connectivity index (χ0) is 17.8. The van der Waals surface area contributed by atoms with E-state index >= 15 is 0 Å². The lowest BCUT2D eigenvalue weighted by Gasteiger charge is -2.35. The van der Waals surface area contributed by atoms with Gasteiger partial charge in [-0.1, -0.05) is 39.8 Å². The van der Waals surface area contributed by atoms with E-state index in [0.717, 1.165) is 12.5 Å². The third-order valence-corrected chi connectivity index (χ3v) is 4.51. The molecule has 0 unspecified atom stereocenters. The Hall–Kier alpha value is -1.59. The molecule has 6 heteroatoms. The van der Waals surface area contributed by atoms with E-state index in [2.05, 4.69) is 67.3 Å². The van der Waals surface area contributed by atoms with Crippen LogP contribution in [0.2, 0.25) is 0 Å². The van der Waals surface area contributed by atoms with E-state index in [0.29, 0.717) is 29.7 Å². The molecule has 0 radical (unpaired) electrons. The molecule has 0 aliphatic heterocycles. The molecular formula is C18H33N5O.